The molecule has 0 unspecified atom stereocenters. The summed E-state index contributed by atoms with van der Waals surface area (Å²) in [7, 11) is 0. The fourth-order valence-electron chi connectivity index (χ4n) is 3.90. The standard InChI is InChI=1S/C18H28N4O2/c1-13-10-15(21-20-13)11-19-18(24)14-8-9-17(23)22(12-14)16-6-4-2-3-5-7-16/h10,14,16H,2-9,11-12H2,1H3,(H,19,24)(H,20,21)/t14-/m0/s1. The number of carbonyl (C=O) groups is 2. The van der Waals surface area contributed by atoms with Crippen LogP contribution in [0.1, 0.15) is 62.8 Å². The van der Waals surface area contributed by atoms with Crippen LogP contribution in [0.3, 0.4) is 0 Å². The first kappa shape index (κ1) is 17.0. The number of hydrogen-bond acceptors (Lipinski definition) is 3. The highest BCUT2D eigenvalue weighted by Crippen LogP contribution is 2.27. The van der Waals surface area contributed by atoms with Gasteiger partial charge in [-0.15, -0.1) is 0 Å². The highest BCUT2D eigenvalue weighted by atomic mass is 16.2. The number of H-pyrrole nitrogens is 1. The molecule has 1 aliphatic carbocycles. The van der Waals surface area contributed by atoms with E-state index in [1.807, 2.05) is 17.9 Å². The minimum absolute atomic E-state index is 0.0433. The van der Waals surface area contributed by atoms with E-state index in [1.165, 1.54) is 25.7 Å². The molecule has 0 spiro atoms. The molecule has 3 rings (SSSR count). The number of aromatic nitrogens is 2. The lowest BCUT2D eigenvalue weighted by Crippen LogP contribution is -2.49. The van der Waals surface area contributed by atoms with Crippen molar-refractivity contribution in [3.63, 3.8) is 0 Å². The Kier molecular flexibility index (Phi) is 5.53. The highest BCUT2D eigenvalue weighted by Gasteiger charge is 2.34. The van der Waals surface area contributed by atoms with Gasteiger partial charge in [-0.25, -0.2) is 0 Å². The zero-order valence-electron chi connectivity index (χ0n) is 14.5. The van der Waals surface area contributed by atoms with Gasteiger partial charge in [-0.2, -0.15) is 5.10 Å². The van der Waals surface area contributed by atoms with Gasteiger partial charge in [0.1, 0.15) is 0 Å². The monoisotopic (exact) mass is 332 g/mol. The number of aryl methyl sites for hydroxylation is 1. The lowest BCUT2D eigenvalue weighted by molar-refractivity contribution is -0.141. The summed E-state index contributed by atoms with van der Waals surface area (Å²) < 4.78 is 0. The summed E-state index contributed by atoms with van der Waals surface area (Å²) in [6.45, 7) is 2.96. The van der Waals surface area contributed by atoms with E-state index in [0.29, 0.717) is 32.0 Å². The molecule has 2 fully saturated rings. The Morgan fingerprint density at radius 1 is 1.29 bits per heavy atom. The van der Waals surface area contributed by atoms with Gasteiger partial charge in [0.2, 0.25) is 11.8 Å². The Bertz CT molecular complexity index is 575. The molecule has 6 nitrogen and oxygen atoms in total. The van der Waals surface area contributed by atoms with Crippen molar-refractivity contribution in [2.24, 2.45) is 5.92 Å². The normalized spacial score (nSPS) is 23.1. The van der Waals surface area contributed by atoms with Crippen molar-refractivity contribution >= 4 is 11.8 Å². The van der Waals surface area contributed by atoms with Gasteiger partial charge in [-0.05, 0) is 32.3 Å². The molecule has 132 valence electrons. The SMILES string of the molecule is Cc1cc(CNC(=O)[C@H]2CCC(=O)N(C3CCCCCC3)C2)n[nH]1. The minimum atomic E-state index is -0.0917. The summed E-state index contributed by atoms with van der Waals surface area (Å²) in [6, 6.07) is 2.27. The maximum Gasteiger partial charge on any atom is 0.225 e. The number of hydrogen-bond donors (Lipinski definition) is 2. The van der Waals surface area contributed by atoms with E-state index in [-0.39, 0.29) is 17.7 Å². The van der Waals surface area contributed by atoms with E-state index in [2.05, 4.69) is 15.5 Å². The van der Waals surface area contributed by atoms with Crippen LogP contribution in [0, 0.1) is 12.8 Å². The van der Waals surface area contributed by atoms with Crippen molar-refractivity contribution in [2.45, 2.75) is 70.9 Å². The molecule has 6 heteroatoms. The van der Waals surface area contributed by atoms with Crippen LogP contribution < -0.4 is 5.32 Å². The average molecular weight is 332 g/mol. The van der Waals surface area contributed by atoms with Crippen molar-refractivity contribution in [1.29, 1.82) is 0 Å². The molecular formula is C18H28N4O2. The first-order valence-corrected chi connectivity index (χ1v) is 9.21. The number of piperidine rings is 1. The molecular weight excluding hydrogens is 304 g/mol. The van der Waals surface area contributed by atoms with Crippen LogP contribution in [0.4, 0.5) is 0 Å². The van der Waals surface area contributed by atoms with Gasteiger partial charge >= 0.3 is 0 Å². The topological polar surface area (TPSA) is 78.1 Å². The van der Waals surface area contributed by atoms with E-state index in [9.17, 15) is 9.59 Å². The second-order valence-electron chi connectivity index (χ2n) is 7.19. The Balaban J connectivity index is 1.55. The van der Waals surface area contributed by atoms with Gasteiger partial charge in [0, 0.05) is 24.7 Å². The predicted octanol–water partition coefficient (Wildman–Crippen LogP) is 2.30. The summed E-state index contributed by atoms with van der Waals surface area (Å²) >= 11 is 0. The van der Waals surface area contributed by atoms with Crippen molar-refractivity contribution < 1.29 is 9.59 Å². The number of aromatic amines is 1. The molecule has 1 aromatic rings. The lowest BCUT2D eigenvalue weighted by Gasteiger charge is -2.37. The number of likely N-dealkylation sites (tertiary alicyclic amines) is 1. The molecule has 0 bridgehead atoms. The first-order valence-electron chi connectivity index (χ1n) is 9.21. The summed E-state index contributed by atoms with van der Waals surface area (Å²) in [6.07, 6.45) is 8.27. The van der Waals surface area contributed by atoms with Crippen LogP contribution in [0.25, 0.3) is 0 Å². The molecule has 1 atom stereocenters. The van der Waals surface area contributed by atoms with Crippen molar-refractivity contribution in [3.05, 3.63) is 17.5 Å². The number of nitrogens with one attached hydrogen (secondary N) is 2. The smallest absolute Gasteiger partial charge is 0.225 e. The van der Waals surface area contributed by atoms with Gasteiger partial charge in [0.15, 0.2) is 0 Å². The summed E-state index contributed by atoms with van der Waals surface area (Å²) in [5, 5.41) is 9.99. The van der Waals surface area contributed by atoms with E-state index in [0.717, 1.165) is 24.2 Å². The maximum absolute atomic E-state index is 12.5. The molecule has 2 amide bonds. The zero-order valence-corrected chi connectivity index (χ0v) is 14.5. The van der Waals surface area contributed by atoms with Gasteiger partial charge in [0.05, 0.1) is 18.2 Å². The number of carbonyl (C=O) groups excluding carboxylic acids is 2. The molecule has 1 saturated heterocycles. The van der Waals surface area contributed by atoms with Crippen molar-refractivity contribution in [1.82, 2.24) is 20.4 Å². The third-order valence-corrected chi connectivity index (χ3v) is 5.28. The second kappa shape index (κ2) is 7.81. The molecule has 2 heterocycles. The van der Waals surface area contributed by atoms with Gasteiger partial charge < -0.3 is 10.2 Å². The Morgan fingerprint density at radius 2 is 2.04 bits per heavy atom. The molecule has 1 saturated carbocycles. The predicted molar refractivity (Wildman–Crippen MR) is 91.1 cm³/mol. The first-order chi connectivity index (χ1) is 11.6. The van der Waals surface area contributed by atoms with E-state index >= 15 is 0 Å². The summed E-state index contributed by atoms with van der Waals surface area (Å²) in [4.78, 5) is 26.8. The van der Waals surface area contributed by atoms with Crippen molar-refractivity contribution in [2.75, 3.05) is 6.54 Å². The van der Waals surface area contributed by atoms with E-state index in [4.69, 9.17) is 0 Å². The van der Waals surface area contributed by atoms with E-state index < -0.39 is 0 Å². The average Bonchev–Trinajstić information content (AvgIpc) is 2.83. The fourth-order valence-corrected chi connectivity index (χ4v) is 3.90. The summed E-state index contributed by atoms with van der Waals surface area (Å²) in [5.74, 6) is 0.182. The highest BCUT2D eigenvalue weighted by molar-refractivity contribution is 5.84. The number of rotatable bonds is 4. The maximum atomic E-state index is 12.5. The third-order valence-electron chi connectivity index (χ3n) is 5.28. The molecule has 24 heavy (non-hydrogen) atoms. The quantitative estimate of drug-likeness (QED) is 0.831. The van der Waals surface area contributed by atoms with Gasteiger partial charge in [0.25, 0.3) is 0 Å². The fraction of sp³-hybridized carbons (Fsp3) is 0.722. The van der Waals surface area contributed by atoms with Crippen LogP contribution in [-0.2, 0) is 16.1 Å². The number of amides is 2. The molecule has 2 N–H and O–H groups in total. The number of nitrogens with zero attached hydrogens (tertiary/aromatic N) is 2. The Morgan fingerprint density at radius 3 is 2.71 bits per heavy atom. The third kappa shape index (κ3) is 4.16. The van der Waals surface area contributed by atoms with Crippen LogP contribution in [-0.4, -0.2) is 39.5 Å². The van der Waals surface area contributed by atoms with Gasteiger partial charge in [-0.1, -0.05) is 25.7 Å². The summed E-state index contributed by atoms with van der Waals surface area (Å²) in [5.41, 5.74) is 1.83. The van der Waals surface area contributed by atoms with Gasteiger partial charge in [-0.3, -0.25) is 14.7 Å². The molecule has 2 aliphatic rings. The molecule has 1 aliphatic heterocycles. The molecule has 1 aromatic heterocycles. The lowest BCUT2D eigenvalue weighted by atomic mass is 9.93. The Labute approximate surface area is 143 Å². The van der Waals surface area contributed by atoms with E-state index in [1.54, 1.807) is 0 Å². The molecule has 0 aromatic carbocycles. The van der Waals surface area contributed by atoms with Crippen LogP contribution in [0.2, 0.25) is 0 Å². The minimum Gasteiger partial charge on any atom is -0.350 e. The Hall–Kier alpha value is -1.85. The van der Waals surface area contributed by atoms with Crippen molar-refractivity contribution in [3.8, 4) is 0 Å². The molecule has 0 radical (unpaired) electrons. The van der Waals surface area contributed by atoms with Crippen LogP contribution >= 0.6 is 0 Å². The second-order valence-corrected chi connectivity index (χ2v) is 7.19. The van der Waals surface area contributed by atoms with Crippen LogP contribution in [0.5, 0.6) is 0 Å². The zero-order chi connectivity index (χ0) is 16.9. The van der Waals surface area contributed by atoms with Crippen LogP contribution in [0.15, 0.2) is 6.07 Å². The largest absolute Gasteiger partial charge is 0.350 e.